The Bertz CT molecular complexity index is 725. The summed E-state index contributed by atoms with van der Waals surface area (Å²) in [6.07, 6.45) is 1.75. The lowest BCUT2D eigenvalue weighted by atomic mass is 9.90. The molecule has 6 heteroatoms. The third kappa shape index (κ3) is 3.93. The summed E-state index contributed by atoms with van der Waals surface area (Å²) in [5.74, 6) is -0.0712. The lowest BCUT2D eigenvalue weighted by Gasteiger charge is -2.20. The van der Waals surface area contributed by atoms with Crippen LogP contribution < -0.4 is 5.32 Å². The molecule has 1 N–H and O–H groups in total. The molecule has 0 spiro atoms. The van der Waals surface area contributed by atoms with Crippen LogP contribution in [-0.2, 0) is 5.41 Å². The molecule has 0 bridgehead atoms. The first-order chi connectivity index (χ1) is 11.1. The number of pyridine rings is 1. The Labute approximate surface area is 144 Å². The summed E-state index contributed by atoms with van der Waals surface area (Å²) in [5.41, 5.74) is 2.18. The monoisotopic (exact) mass is 331 g/mol. The van der Waals surface area contributed by atoms with E-state index in [9.17, 15) is 4.79 Å². The summed E-state index contributed by atoms with van der Waals surface area (Å²) < 4.78 is 1.88. The summed E-state index contributed by atoms with van der Waals surface area (Å²) in [5, 5.41) is 8.23. The molecule has 0 unspecified atom stereocenters. The Balaban J connectivity index is 2.49. The van der Waals surface area contributed by atoms with Gasteiger partial charge in [-0.15, -0.1) is 0 Å². The Morgan fingerprint density at radius 1 is 1.33 bits per heavy atom. The smallest absolute Gasteiger partial charge is 0.252 e. The third-order valence-electron chi connectivity index (χ3n) is 3.91. The Morgan fingerprint density at radius 2 is 2.00 bits per heavy atom. The van der Waals surface area contributed by atoms with Crippen LogP contribution in [0.15, 0.2) is 12.3 Å². The van der Waals surface area contributed by atoms with Crippen molar-refractivity contribution in [2.24, 2.45) is 0 Å². The van der Waals surface area contributed by atoms with E-state index in [0.717, 1.165) is 23.3 Å². The summed E-state index contributed by atoms with van der Waals surface area (Å²) in [4.78, 5) is 19.5. The molecule has 0 saturated heterocycles. The van der Waals surface area contributed by atoms with Gasteiger partial charge in [-0.05, 0) is 34.0 Å². The summed E-state index contributed by atoms with van der Waals surface area (Å²) in [6, 6.07) is 2.09. The predicted octanol–water partition coefficient (Wildman–Crippen LogP) is 2.60. The van der Waals surface area contributed by atoms with Gasteiger partial charge < -0.3 is 10.2 Å². The maximum atomic E-state index is 12.7. The molecular weight excluding hydrogens is 302 g/mol. The molecule has 2 rings (SSSR count). The maximum Gasteiger partial charge on any atom is 0.252 e. The van der Waals surface area contributed by atoms with Gasteiger partial charge in [-0.1, -0.05) is 20.8 Å². The third-order valence-corrected chi connectivity index (χ3v) is 3.91. The Hall–Kier alpha value is -1.95. The van der Waals surface area contributed by atoms with Gasteiger partial charge in [-0.3, -0.25) is 4.79 Å². The Morgan fingerprint density at radius 3 is 2.54 bits per heavy atom. The second-order valence-electron chi connectivity index (χ2n) is 7.78. The lowest BCUT2D eigenvalue weighted by molar-refractivity contribution is 0.0952. The zero-order valence-electron chi connectivity index (χ0n) is 15.8. The molecular formula is C18H29N5O. The van der Waals surface area contributed by atoms with E-state index in [1.807, 2.05) is 29.7 Å². The number of hydrogen-bond acceptors (Lipinski definition) is 4. The average Bonchev–Trinajstić information content (AvgIpc) is 2.88. The molecule has 24 heavy (non-hydrogen) atoms. The van der Waals surface area contributed by atoms with E-state index in [-0.39, 0.29) is 17.4 Å². The summed E-state index contributed by atoms with van der Waals surface area (Å²) >= 11 is 0. The minimum atomic E-state index is -0.140. The van der Waals surface area contributed by atoms with Gasteiger partial charge >= 0.3 is 0 Å². The number of nitrogens with zero attached hydrogens (tertiary/aromatic N) is 4. The minimum absolute atomic E-state index is 0.0712. The normalized spacial score (nSPS) is 12.4. The zero-order valence-corrected chi connectivity index (χ0v) is 15.8. The van der Waals surface area contributed by atoms with Crippen molar-refractivity contribution in [1.82, 2.24) is 25.0 Å². The fraction of sp³-hybridized carbons (Fsp3) is 0.611. The molecule has 132 valence electrons. The van der Waals surface area contributed by atoms with Crippen molar-refractivity contribution in [2.45, 2.75) is 46.1 Å². The molecule has 0 radical (unpaired) electrons. The SMILES string of the molecule is CC(C)n1ncc2c(C(=O)NCCN(C)C)cc(C(C)(C)C)nc21. The summed E-state index contributed by atoms with van der Waals surface area (Å²) in [7, 11) is 3.97. The highest BCUT2D eigenvalue weighted by molar-refractivity contribution is 6.05. The molecule has 6 nitrogen and oxygen atoms in total. The van der Waals surface area contributed by atoms with E-state index in [1.54, 1.807) is 6.20 Å². The summed E-state index contributed by atoms with van der Waals surface area (Å²) in [6.45, 7) is 11.8. The molecule has 2 heterocycles. The van der Waals surface area contributed by atoms with Crippen molar-refractivity contribution < 1.29 is 4.79 Å². The zero-order chi connectivity index (χ0) is 18.1. The fourth-order valence-electron chi connectivity index (χ4n) is 2.46. The second-order valence-corrected chi connectivity index (χ2v) is 7.78. The van der Waals surface area contributed by atoms with E-state index in [2.05, 4.69) is 45.0 Å². The number of aromatic nitrogens is 3. The molecule has 0 saturated carbocycles. The van der Waals surface area contributed by atoms with Gasteiger partial charge in [0.2, 0.25) is 0 Å². The van der Waals surface area contributed by atoms with Crippen LogP contribution in [0.5, 0.6) is 0 Å². The maximum absolute atomic E-state index is 12.7. The number of carbonyl (C=O) groups excluding carboxylic acids is 1. The first-order valence-electron chi connectivity index (χ1n) is 8.43. The van der Waals surface area contributed by atoms with Crippen molar-refractivity contribution in [3.63, 3.8) is 0 Å². The van der Waals surface area contributed by atoms with E-state index in [4.69, 9.17) is 4.98 Å². The highest BCUT2D eigenvalue weighted by atomic mass is 16.1. The highest BCUT2D eigenvalue weighted by Gasteiger charge is 2.23. The molecule has 0 fully saturated rings. The van der Waals surface area contributed by atoms with Gasteiger partial charge in [0.15, 0.2) is 5.65 Å². The van der Waals surface area contributed by atoms with Gasteiger partial charge in [0, 0.05) is 30.2 Å². The van der Waals surface area contributed by atoms with Gasteiger partial charge in [0.25, 0.3) is 5.91 Å². The first kappa shape index (κ1) is 18.4. The van der Waals surface area contributed by atoms with Crippen LogP contribution in [0.1, 0.15) is 56.7 Å². The molecule has 0 aliphatic rings. The minimum Gasteiger partial charge on any atom is -0.351 e. The molecule has 0 atom stereocenters. The van der Waals surface area contributed by atoms with E-state index in [1.165, 1.54) is 0 Å². The largest absolute Gasteiger partial charge is 0.351 e. The lowest BCUT2D eigenvalue weighted by Crippen LogP contribution is -2.31. The van der Waals surface area contributed by atoms with Crippen LogP contribution in [0.25, 0.3) is 11.0 Å². The van der Waals surface area contributed by atoms with Crippen molar-refractivity contribution >= 4 is 16.9 Å². The van der Waals surface area contributed by atoms with Crippen molar-refractivity contribution in [1.29, 1.82) is 0 Å². The van der Waals surface area contributed by atoms with Crippen LogP contribution in [0.3, 0.4) is 0 Å². The molecule has 1 amide bonds. The van der Waals surface area contributed by atoms with E-state index >= 15 is 0 Å². The number of carbonyl (C=O) groups is 1. The number of fused-ring (bicyclic) bond motifs is 1. The highest BCUT2D eigenvalue weighted by Crippen LogP contribution is 2.27. The number of amides is 1. The predicted molar refractivity (Wildman–Crippen MR) is 97.5 cm³/mol. The molecule has 0 aliphatic heterocycles. The van der Waals surface area contributed by atoms with Crippen LogP contribution in [0.4, 0.5) is 0 Å². The van der Waals surface area contributed by atoms with Gasteiger partial charge in [-0.25, -0.2) is 9.67 Å². The van der Waals surface area contributed by atoms with Crippen molar-refractivity contribution in [3.8, 4) is 0 Å². The number of rotatable bonds is 5. The van der Waals surface area contributed by atoms with Gasteiger partial charge in [0.1, 0.15) is 0 Å². The van der Waals surface area contributed by atoms with E-state index < -0.39 is 0 Å². The van der Waals surface area contributed by atoms with Crippen LogP contribution >= 0.6 is 0 Å². The molecule has 0 aliphatic carbocycles. The quantitative estimate of drug-likeness (QED) is 0.915. The van der Waals surface area contributed by atoms with Crippen LogP contribution in [0, 0.1) is 0 Å². The second kappa shape index (κ2) is 6.89. The molecule has 2 aromatic heterocycles. The fourth-order valence-corrected chi connectivity index (χ4v) is 2.46. The van der Waals surface area contributed by atoms with E-state index in [0.29, 0.717) is 12.1 Å². The van der Waals surface area contributed by atoms with Gasteiger partial charge in [-0.2, -0.15) is 5.10 Å². The Kier molecular flexibility index (Phi) is 5.28. The topological polar surface area (TPSA) is 63.1 Å². The molecule has 0 aromatic carbocycles. The van der Waals surface area contributed by atoms with Crippen LogP contribution in [-0.4, -0.2) is 52.8 Å². The van der Waals surface area contributed by atoms with Crippen molar-refractivity contribution in [3.05, 3.63) is 23.5 Å². The standard InChI is InChI=1S/C18H29N5O/c1-12(2)23-16-14(11-20-23)13(10-15(21-16)18(3,4)5)17(24)19-8-9-22(6)7/h10-12H,8-9H2,1-7H3,(H,19,24). The van der Waals surface area contributed by atoms with Crippen LogP contribution in [0.2, 0.25) is 0 Å². The molecule has 2 aromatic rings. The average molecular weight is 331 g/mol. The van der Waals surface area contributed by atoms with Crippen molar-refractivity contribution in [2.75, 3.05) is 27.2 Å². The number of hydrogen-bond donors (Lipinski definition) is 1. The number of likely N-dealkylation sites (N-methyl/N-ethyl adjacent to an activating group) is 1. The van der Waals surface area contributed by atoms with Gasteiger partial charge in [0.05, 0.1) is 17.1 Å². The number of nitrogens with one attached hydrogen (secondary N) is 1. The first-order valence-corrected chi connectivity index (χ1v) is 8.43.